The zero-order valence-electron chi connectivity index (χ0n) is 15.1. The van der Waals surface area contributed by atoms with E-state index in [2.05, 4.69) is 22.5 Å². The number of carbonyl (C=O) groups excluding carboxylic acids is 1. The van der Waals surface area contributed by atoms with Crippen LogP contribution in [0.3, 0.4) is 0 Å². The molecule has 24 heavy (non-hydrogen) atoms. The van der Waals surface area contributed by atoms with Gasteiger partial charge in [-0.05, 0) is 40.2 Å². The molecule has 0 unspecified atom stereocenters. The van der Waals surface area contributed by atoms with Crippen LogP contribution in [0.1, 0.15) is 65.0 Å². The number of hydrogen-bond acceptors (Lipinski definition) is 4. The number of nitrogens with one attached hydrogen (secondary N) is 1. The van der Waals surface area contributed by atoms with Crippen LogP contribution in [0.2, 0.25) is 0 Å². The van der Waals surface area contributed by atoms with Crippen LogP contribution in [0.5, 0.6) is 0 Å². The third-order valence-electron chi connectivity index (χ3n) is 4.06. The zero-order valence-corrected chi connectivity index (χ0v) is 15.1. The smallest absolute Gasteiger partial charge is 0.274 e. The van der Waals surface area contributed by atoms with E-state index in [-0.39, 0.29) is 5.91 Å². The number of unbranched alkanes of at least 4 members (excludes halogenated alkanes) is 2. The molecule has 6 nitrogen and oxygen atoms in total. The van der Waals surface area contributed by atoms with Crippen LogP contribution in [-0.4, -0.2) is 21.9 Å². The lowest BCUT2D eigenvalue weighted by atomic mass is 10.2. The average molecular weight is 330 g/mol. The van der Waals surface area contributed by atoms with E-state index in [9.17, 15) is 4.79 Å². The first-order valence-electron chi connectivity index (χ1n) is 8.38. The molecule has 0 spiro atoms. The number of aromatic nitrogens is 2. The van der Waals surface area contributed by atoms with Gasteiger partial charge in [0.05, 0.1) is 17.5 Å². The van der Waals surface area contributed by atoms with E-state index >= 15 is 0 Å². The first kappa shape index (κ1) is 18.0. The standard InChI is InChI=1S/C18H26N4O2/c1-6-7-8-9-22-14(4)17(13(3)21-22)11-19-20-18(23)16-10-12(2)24-15(16)5/h10-11H,6-9H2,1-5H3,(H,20,23). The van der Waals surface area contributed by atoms with Gasteiger partial charge in [0.25, 0.3) is 5.91 Å². The number of hydrogen-bond donors (Lipinski definition) is 1. The summed E-state index contributed by atoms with van der Waals surface area (Å²) in [5, 5.41) is 8.63. The molecule has 2 rings (SSSR count). The fourth-order valence-electron chi connectivity index (χ4n) is 2.70. The van der Waals surface area contributed by atoms with Crippen LogP contribution < -0.4 is 5.43 Å². The Morgan fingerprint density at radius 3 is 2.71 bits per heavy atom. The lowest BCUT2D eigenvalue weighted by molar-refractivity contribution is 0.0953. The molecule has 0 fully saturated rings. The van der Waals surface area contributed by atoms with Crippen LogP contribution >= 0.6 is 0 Å². The van der Waals surface area contributed by atoms with Gasteiger partial charge < -0.3 is 4.42 Å². The molecule has 0 aliphatic carbocycles. The largest absolute Gasteiger partial charge is 0.466 e. The highest BCUT2D eigenvalue weighted by Gasteiger charge is 2.13. The van der Waals surface area contributed by atoms with Gasteiger partial charge in [0.2, 0.25) is 0 Å². The number of carbonyl (C=O) groups is 1. The minimum atomic E-state index is -0.272. The van der Waals surface area contributed by atoms with Crippen molar-refractivity contribution in [3.63, 3.8) is 0 Å². The predicted molar refractivity (Wildman–Crippen MR) is 94.5 cm³/mol. The Balaban J connectivity index is 2.04. The van der Waals surface area contributed by atoms with E-state index in [0.29, 0.717) is 17.1 Å². The van der Waals surface area contributed by atoms with E-state index in [1.165, 1.54) is 12.8 Å². The van der Waals surface area contributed by atoms with Crippen LogP contribution in [0.25, 0.3) is 0 Å². The van der Waals surface area contributed by atoms with Gasteiger partial charge in [-0.1, -0.05) is 19.8 Å². The number of rotatable bonds is 7. The molecule has 0 radical (unpaired) electrons. The summed E-state index contributed by atoms with van der Waals surface area (Å²) in [6.45, 7) is 10.7. The average Bonchev–Trinajstić information content (AvgIpc) is 3.00. The second kappa shape index (κ2) is 7.95. The monoisotopic (exact) mass is 330 g/mol. The second-order valence-corrected chi connectivity index (χ2v) is 6.04. The molecule has 2 aromatic rings. The SMILES string of the molecule is CCCCCn1nc(C)c(C=NNC(=O)c2cc(C)oc2C)c1C. The van der Waals surface area contributed by atoms with E-state index in [1.807, 2.05) is 25.5 Å². The van der Waals surface area contributed by atoms with Crippen LogP contribution in [0.4, 0.5) is 0 Å². The first-order chi connectivity index (χ1) is 11.4. The number of nitrogens with zero attached hydrogens (tertiary/aromatic N) is 3. The Morgan fingerprint density at radius 2 is 2.08 bits per heavy atom. The normalized spacial score (nSPS) is 11.4. The van der Waals surface area contributed by atoms with E-state index in [0.717, 1.165) is 29.9 Å². The molecule has 0 aliphatic heterocycles. The van der Waals surface area contributed by atoms with E-state index < -0.39 is 0 Å². The van der Waals surface area contributed by atoms with Crippen LogP contribution in [-0.2, 0) is 6.54 Å². The summed E-state index contributed by atoms with van der Waals surface area (Å²) in [6.07, 6.45) is 5.16. The van der Waals surface area contributed by atoms with Crippen molar-refractivity contribution in [2.24, 2.45) is 5.10 Å². The van der Waals surface area contributed by atoms with Crippen molar-refractivity contribution in [2.45, 2.75) is 60.4 Å². The molecule has 2 aromatic heterocycles. The van der Waals surface area contributed by atoms with Gasteiger partial charge in [-0.15, -0.1) is 0 Å². The molecule has 0 bridgehead atoms. The Morgan fingerprint density at radius 1 is 1.33 bits per heavy atom. The number of amides is 1. The van der Waals surface area contributed by atoms with E-state index in [1.54, 1.807) is 19.2 Å². The summed E-state index contributed by atoms with van der Waals surface area (Å²) in [4.78, 5) is 12.1. The van der Waals surface area contributed by atoms with Gasteiger partial charge >= 0.3 is 0 Å². The van der Waals surface area contributed by atoms with Gasteiger partial charge in [0.15, 0.2) is 0 Å². The van der Waals surface area contributed by atoms with Crippen molar-refractivity contribution in [1.82, 2.24) is 15.2 Å². The number of aryl methyl sites for hydroxylation is 4. The first-order valence-corrected chi connectivity index (χ1v) is 8.38. The molecule has 6 heteroatoms. The van der Waals surface area contributed by atoms with Gasteiger partial charge in [-0.2, -0.15) is 10.2 Å². The maximum absolute atomic E-state index is 12.1. The third-order valence-corrected chi connectivity index (χ3v) is 4.06. The zero-order chi connectivity index (χ0) is 17.7. The summed E-state index contributed by atoms with van der Waals surface area (Å²) in [5.74, 6) is 1.03. The second-order valence-electron chi connectivity index (χ2n) is 6.04. The van der Waals surface area contributed by atoms with Gasteiger partial charge in [-0.25, -0.2) is 5.43 Å². The molecule has 0 atom stereocenters. The van der Waals surface area contributed by atoms with Crippen molar-refractivity contribution in [1.29, 1.82) is 0 Å². The molecular formula is C18H26N4O2. The minimum absolute atomic E-state index is 0.272. The molecule has 0 aliphatic rings. The van der Waals surface area contributed by atoms with Crippen molar-refractivity contribution in [3.8, 4) is 0 Å². The Kier molecular flexibility index (Phi) is 5.95. The Labute approximate surface area is 142 Å². The third kappa shape index (κ3) is 4.13. The predicted octanol–water partition coefficient (Wildman–Crippen LogP) is 3.66. The van der Waals surface area contributed by atoms with Crippen molar-refractivity contribution < 1.29 is 9.21 Å². The molecule has 0 aromatic carbocycles. The fourth-order valence-corrected chi connectivity index (χ4v) is 2.70. The van der Waals surface area contributed by atoms with Gasteiger partial charge in [0, 0.05) is 17.8 Å². The molecule has 0 saturated carbocycles. The van der Waals surface area contributed by atoms with Gasteiger partial charge in [-0.3, -0.25) is 9.48 Å². The maximum atomic E-state index is 12.1. The van der Waals surface area contributed by atoms with Crippen LogP contribution in [0.15, 0.2) is 15.6 Å². The van der Waals surface area contributed by atoms with Crippen molar-refractivity contribution in [3.05, 3.63) is 40.1 Å². The summed E-state index contributed by atoms with van der Waals surface area (Å²) < 4.78 is 7.37. The molecule has 2 heterocycles. The van der Waals surface area contributed by atoms with Crippen molar-refractivity contribution in [2.75, 3.05) is 0 Å². The molecule has 1 amide bonds. The molecule has 0 saturated heterocycles. The highest BCUT2D eigenvalue weighted by atomic mass is 16.3. The quantitative estimate of drug-likeness (QED) is 0.478. The van der Waals surface area contributed by atoms with E-state index in [4.69, 9.17) is 4.42 Å². The topological polar surface area (TPSA) is 72.4 Å². The molecule has 1 N–H and O–H groups in total. The lowest BCUT2D eigenvalue weighted by Crippen LogP contribution is -2.17. The molecule has 130 valence electrons. The number of furan rings is 1. The molecular weight excluding hydrogens is 304 g/mol. The van der Waals surface area contributed by atoms with Gasteiger partial charge in [0.1, 0.15) is 11.5 Å². The highest BCUT2D eigenvalue weighted by molar-refractivity contribution is 5.96. The maximum Gasteiger partial charge on any atom is 0.274 e. The summed E-state index contributed by atoms with van der Waals surface area (Å²) in [6, 6.07) is 1.71. The Bertz CT molecular complexity index is 741. The van der Waals surface area contributed by atoms with Crippen LogP contribution in [0, 0.1) is 27.7 Å². The summed E-state index contributed by atoms with van der Waals surface area (Å²) in [7, 11) is 0. The Hall–Kier alpha value is -2.37. The summed E-state index contributed by atoms with van der Waals surface area (Å²) in [5.41, 5.74) is 5.99. The highest BCUT2D eigenvalue weighted by Crippen LogP contribution is 2.14. The van der Waals surface area contributed by atoms with Crippen molar-refractivity contribution >= 4 is 12.1 Å². The minimum Gasteiger partial charge on any atom is -0.466 e. The summed E-state index contributed by atoms with van der Waals surface area (Å²) >= 11 is 0. The number of hydrazone groups is 1. The fraction of sp³-hybridized carbons (Fsp3) is 0.500. The lowest BCUT2D eigenvalue weighted by Gasteiger charge is -2.03.